The molecule has 0 aromatic heterocycles. The fourth-order valence-electron chi connectivity index (χ4n) is 3.39. The number of carbonyl (C=O) groups excluding carboxylic acids is 3. The van der Waals surface area contributed by atoms with Crippen molar-refractivity contribution in [1.82, 2.24) is 10.6 Å². The number of ether oxygens (including phenoxy) is 2. The second kappa shape index (κ2) is 6.52. The van der Waals surface area contributed by atoms with Crippen LogP contribution in [0.1, 0.15) is 12.0 Å². The van der Waals surface area contributed by atoms with Gasteiger partial charge in [-0.05, 0) is 42.5 Å². The third kappa shape index (κ3) is 2.90. The van der Waals surface area contributed by atoms with Crippen LogP contribution in [0.25, 0.3) is 0 Å². The molecule has 0 aliphatic carbocycles. The Kier molecular flexibility index (Phi) is 4.14. The first-order valence-corrected chi connectivity index (χ1v) is 8.46. The molecule has 0 radical (unpaired) electrons. The van der Waals surface area contributed by atoms with Crippen LogP contribution in [0.4, 0.5) is 14.9 Å². The average Bonchev–Trinajstić information content (AvgIpc) is 2.96. The van der Waals surface area contributed by atoms with E-state index in [1.165, 1.54) is 13.2 Å². The third-order valence-corrected chi connectivity index (χ3v) is 4.75. The Labute approximate surface area is 159 Å². The van der Waals surface area contributed by atoms with Crippen LogP contribution in [0, 0.1) is 5.82 Å². The second-order valence-electron chi connectivity index (χ2n) is 6.48. The van der Waals surface area contributed by atoms with Gasteiger partial charge in [0.05, 0.1) is 7.11 Å². The minimum atomic E-state index is -1.57. The summed E-state index contributed by atoms with van der Waals surface area (Å²) in [5.74, 6) is -0.966. The van der Waals surface area contributed by atoms with E-state index in [1.807, 2.05) is 0 Å². The van der Waals surface area contributed by atoms with Crippen molar-refractivity contribution >= 4 is 23.5 Å². The molecule has 4 rings (SSSR count). The normalized spacial score (nSPS) is 22.7. The van der Waals surface area contributed by atoms with E-state index in [4.69, 9.17) is 9.47 Å². The molecule has 2 aliphatic rings. The molecule has 1 saturated heterocycles. The van der Waals surface area contributed by atoms with Gasteiger partial charge < -0.3 is 20.1 Å². The fraction of sp³-hybridized carbons (Fsp3) is 0.211. The number of amides is 4. The molecule has 2 aromatic rings. The van der Waals surface area contributed by atoms with Crippen molar-refractivity contribution in [3.63, 3.8) is 0 Å². The molecule has 28 heavy (non-hydrogen) atoms. The van der Waals surface area contributed by atoms with Gasteiger partial charge in [0.1, 0.15) is 17.3 Å². The Bertz CT molecular complexity index is 978. The summed E-state index contributed by atoms with van der Waals surface area (Å²) in [7, 11) is 1.53. The van der Waals surface area contributed by atoms with E-state index in [9.17, 15) is 18.8 Å². The van der Waals surface area contributed by atoms with Crippen LogP contribution in [0.5, 0.6) is 11.5 Å². The smallest absolute Gasteiger partial charge is 0.322 e. The van der Waals surface area contributed by atoms with Gasteiger partial charge >= 0.3 is 6.03 Å². The van der Waals surface area contributed by atoms with Gasteiger partial charge in [-0.2, -0.15) is 0 Å². The maximum absolute atomic E-state index is 13.8. The minimum absolute atomic E-state index is 0.153. The Hall–Kier alpha value is -3.62. The van der Waals surface area contributed by atoms with Gasteiger partial charge in [-0.25, -0.2) is 9.18 Å². The first-order chi connectivity index (χ1) is 13.4. The highest BCUT2D eigenvalue weighted by Crippen LogP contribution is 2.42. The number of imide groups is 1. The van der Waals surface area contributed by atoms with Gasteiger partial charge in [0.2, 0.25) is 0 Å². The van der Waals surface area contributed by atoms with Gasteiger partial charge in [-0.3, -0.25) is 14.9 Å². The Balaban J connectivity index is 1.64. The summed E-state index contributed by atoms with van der Waals surface area (Å²) in [6.45, 7) is 0. The summed E-state index contributed by atoms with van der Waals surface area (Å²) in [4.78, 5) is 37.0. The van der Waals surface area contributed by atoms with E-state index in [1.54, 1.807) is 24.3 Å². The van der Waals surface area contributed by atoms with Crippen molar-refractivity contribution in [2.45, 2.75) is 18.1 Å². The molecule has 9 heteroatoms. The monoisotopic (exact) mass is 385 g/mol. The zero-order valence-corrected chi connectivity index (χ0v) is 14.7. The summed E-state index contributed by atoms with van der Waals surface area (Å²) in [5, 5.41) is 7.37. The van der Waals surface area contributed by atoms with E-state index in [0.29, 0.717) is 11.4 Å². The van der Waals surface area contributed by atoms with Crippen molar-refractivity contribution in [3.8, 4) is 11.5 Å². The zero-order valence-electron chi connectivity index (χ0n) is 14.7. The van der Waals surface area contributed by atoms with E-state index in [-0.39, 0.29) is 17.7 Å². The number of halogens is 1. The number of anilines is 1. The quantitative estimate of drug-likeness (QED) is 0.697. The zero-order chi connectivity index (χ0) is 19.9. The molecule has 3 N–H and O–H groups in total. The SMILES string of the molecule is COc1ccc(NC(=O)[C@@H]2C[C@]3(NC(=O)NC3=O)c3cc(F)ccc3O2)cc1. The lowest BCUT2D eigenvalue weighted by atomic mass is 9.81. The van der Waals surface area contributed by atoms with E-state index >= 15 is 0 Å². The Morgan fingerprint density at radius 1 is 1.25 bits per heavy atom. The van der Waals surface area contributed by atoms with Gasteiger partial charge in [0, 0.05) is 17.7 Å². The number of urea groups is 1. The van der Waals surface area contributed by atoms with Gasteiger partial charge in [0.25, 0.3) is 11.8 Å². The number of hydrogen-bond acceptors (Lipinski definition) is 5. The molecule has 8 nitrogen and oxygen atoms in total. The average molecular weight is 385 g/mol. The highest BCUT2D eigenvalue weighted by Gasteiger charge is 2.54. The van der Waals surface area contributed by atoms with E-state index in [0.717, 1.165) is 12.1 Å². The number of rotatable bonds is 3. The molecule has 0 unspecified atom stereocenters. The molecule has 2 aromatic carbocycles. The summed E-state index contributed by atoms with van der Waals surface area (Å²) < 4.78 is 24.5. The predicted octanol–water partition coefficient (Wildman–Crippen LogP) is 1.66. The predicted molar refractivity (Wildman–Crippen MR) is 95.4 cm³/mol. The van der Waals surface area contributed by atoms with Crippen LogP contribution in [0.2, 0.25) is 0 Å². The topological polar surface area (TPSA) is 106 Å². The molecule has 0 bridgehead atoms. The second-order valence-corrected chi connectivity index (χ2v) is 6.48. The Morgan fingerprint density at radius 3 is 2.64 bits per heavy atom. The molecule has 2 aliphatic heterocycles. The van der Waals surface area contributed by atoms with Crippen LogP contribution < -0.4 is 25.4 Å². The molecule has 4 amide bonds. The molecule has 2 heterocycles. The standard InChI is InChI=1S/C19H16FN3O5/c1-27-12-5-3-11(4-6-12)21-16(24)15-9-19(17(25)22-18(26)23-19)13-8-10(20)2-7-14(13)28-15/h2-8,15H,9H2,1H3,(H,21,24)(H2,22,23,25,26)/t15-,19-/m0/s1. The van der Waals surface area contributed by atoms with Crippen LogP contribution >= 0.6 is 0 Å². The summed E-state index contributed by atoms with van der Waals surface area (Å²) >= 11 is 0. The first-order valence-electron chi connectivity index (χ1n) is 8.46. The lowest BCUT2D eigenvalue weighted by Gasteiger charge is -2.36. The first kappa shape index (κ1) is 17.8. The number of benzene rings is 2. The van der Waals surface area contributed by atoms with E-state index in [2.05, 4.69) is 16.0 Å². The summed E-state index contributed by atoms with van der Waals surface area (Å²) in [6.07, 6.45) is -1.26. The highest BCUT2D eigenvalue weighted by molar-refractivity contribution is 6.08. The van der Waals surface area contributed by atoms with Crippen LogP contribution in [0.3, 0.4) is 0 Å². The Morgan fingerprint density at radius 2 is 2.00 bits per heavy atom. The highest BCUT2D eigenvalue weighted by atomic mass is 19.1. The molecule has 1 fully saturated rings. The van der Waals surface area contributed by atoms with Crippen molar-refractivity contribution in [3.05, 3.63) is 53.8 Å². The summed E-state index contributed by atoms with van der Waals surface area (Å²) in [6, 6.07) is 9.57. The third-order valence-electron chi connectivity index (χ3n) is 4.75. The van der Waals surface area contributed by atoms with Crippen molar-refractivity contribution in [1.29, 1.82) is 0 Å². The molecular weight excluding hydrogens is 369 g/mol. The summed E-state index contributed by atoms with van der Waals surface area (Å²) in [5.41, 5.74) is -0.896. The lowest BCUT2D eigenvalue weighted by molar-refractivity contribution is -0.129. The molecule has 2 atom stereocenters. The van der Waals surface area contributed by atoms with Crippen LogP contribution in [-0.2, 0) is 15.1 Å². The van der Waals surface area contributed by atoms with E-state index < -0.39 is 35.3 Å². The lowest BCUT2D eigenvalue weighted by Crippen LogP contribution is -2.53. The number of carbonyl (C=O) groups is 3. The number of fused-ring (bicyclic) bond motifs is 2. The van der Waals surface area contributed by atoms with Crippen LogP contribution in [0.15, 0.2) is 42.5 Å². The van der Waals surface area contributed by atoms with Gasteiger partial charge in [-0.15, -0.1) is 0 Å². The maximum atomic E-state index is 13.8. The number of nitrogens with one attached hydrogen (secondary N) is 3. The minimum Gasteiger partial charge on any atom is -0.497 e. The molecule has 0 saturated carbocycles. The van der Waals surface area contributed by atoms with Gasteiger partial charge in [-0.1, -0.05) is 0 Å². The van der Waals surface area contributed by atoms with Crippen LogP contribution in [-0.4, -0.2) is 31.1 Å². The number of hydrogen-bond donors (Lipinski definition) is 3. The largest absolute Gasteiger partial charge is 0.497 e. The molecular formula is C19H16FN3O5. The molecule has 144 valence electrons. The fourth-order valence-corrected chi connectivity index (χ4v) is 3.39. The van der Waals surface area contributed by atoms with Crippen molar-refractivity contribution < 1.29 is 28.2 Å². The maximum Gasteiger partial charge on any atom is 0.322 e. The van der Waals surface area contributed by atoms with Gasteiger partial charge in [0.15, 0.2) is 11.6 Å². The van der Waals surface area contributed by atoms with Crippen molar-refractivity contribution in [2.24, 2.45) is 0 Å². The molecule has 1 spiro atoms. The number of methoxy groups -OCH3 is 1. The van der Waals surface area contributed by atoms with Crippen molar-refractivity contribution in [2.75, 3.05) is 12.4 Å².